The third-order valence-electron chi connectivity index (χ3n) is 6.06. The molecule has 1 N–H and O–H groups in total. The SMILES string of the molecule is COc1ccc2c(Oc3cccc(C(=O)NCc4ccc5c(ccn5C)c4)c3C)ccnc2c1. The second kappa shape index (κ2) is 8.90. The van der Waals surface area contributed by atoms with E-state index in [1.807, 2.05) is 68.7 Å². The highest BCUT2D eigenvalue weighted by atomic mass is 16.5. The summed E-state index contributed by atoms with van der Waals surface area (Å²) >= 11 is 0. The smallest absolute Gasteiger partial charge is 0.251 e. The van der Waals surface area contributed by atoms with Crippen LogP contribution in [0, 0.1) is 6.92 Å². The highest BCUT2D eigenvalue weighted by Crippen LogP contribution is 2.33. The van der Waals surface area contributed by atoms with Gasteiger partial charge in [0.25, 0.3) is 5.91 Å². The number of nitrogens with zero attached hydrogens (tertiary/aromatic N) is 2. The van der Waals surface area contributed by atoms with E-state index in [4.69, 9.17) is 9.47 Å². The molecule has 0 saturated heterocycles. The zero-order chi connectivity index (χ0) is 23.7. The molecule has 2 heterocycles. The van der Waals surface area contributed by atoms with Crippen LogP contribution in [-0.2, 0) is 13.6 Å². The number of benzene rings is 3. The van der Waals surface area contributed by atoms with Crippen molar-refractivity contribution < 1.29 is 14.3 Å². The average molecular weight is 452 g/mol. The molecule has 5 rings (SSSR count). The number of fused-ring (bicyclic) bond motifs is 2. The van der Waals surface area contributed by atoms with Gasteiger partial charge in [-0.25, -0.2) is 0 Å². The second-order valence-electron chi connectivity index (χ2n) is 8.23. The first-order chi connectivity index (χ1) is 16.5. The van der Waals surface area contributed by atoms with Gasteiger partial charge in [-0.3, -0.25) is 9.78 Å². The molecule has 34 heavy (non-hydrogen) atoms. The van der Waals surface area contributed by atoms with Crippen LogP contribution in [0.3, 0.4) is 0 Å². The number of carbonyl (C=O) groups excluding carboxylic acids is 1. The number of aryl methyl sites for hydroxylation is 1. The molecule has 0 radical (unpaired) electrons. The van der Waals surface area contributed by atoms with Crippen molar-refractivity contribution in [1.82, 2.24) is 14.9 Å². The molecule has 1 amide bonds. The fourth-order valence-electron chi connectivity index (χ4n) is 4.13. The Balaban J connectivity index is 1.35. The quantitative estimate of drug-likeness (QED) is 0.356. The number of aromatic nitrogens is 2. The van der Waals surface area contributed by atoms with Crippen molar-refractivity contribution in [1.29, 1.82) is 0 Å². The standard InChI is InChI=1S/C28H25N3O3/c1-18-22(28(32)30-17-19-7-10-25-20(15-19)12-14-31(25)2)5-4-6-26(18)34-27-11-13-29-24-16-21(33-3)8-9-23(24)27/h4-16H,17H2,1-3H3,(H,30,32). The van der Waals surface area contributed by atoms with Gasteiger partial charge in [0, 0.05) is 54.1 Å². The van der Waals surface area contributed by atoms with Gasteiger partial charge < -0.3 is 19.4 Å². The van der Waals surface area contributed by atoms with E-state index in [9.17, 15) is 4.79 Å². The van der Waals surface area contributed by atoms with Crippen LogP contribution in [0.1, 0.15) is 21.5 Å². The van der Waals surface area contributed by atoms with E-state index in [1.165, 1.54) is 0 Å². The summed E-state index contributed by atoms with van der Waals surface area (Å²) in [5.74, 6) is 1.89. The van der Waals surface area contributed by atoms with Crippen molar-refractivity contribution in [3.8, 4) is 17.2 Å². The third-order valence-corrected chi connectivity index (χ3v) is 6.06. The van der Waals surface area contributed by atoms with Gasteiger partial charge in [-0.1, -0.05) is 12.1 Å². The van der Waals surface area contributed by atoms with Crippen molar-refractivity contribution in [3.05, 3.63) is 95.8 Å². The number of amides is 1. The van der Waals surface area contributed by atoms with Crippen LogP contribution < -0.4 is 14.8 Å². The first-order valence-electron chi connectivity index (χ1n) is 11.1. The zero-order valence-electron chi connectivity index (χ0n) is 19.3. The molecule has 0 aliphatic carbocycles. The predicted molar refractivity (Wildman–Crippen MR) is 134 cm³/mol. The molecule has 0 saturated carbocycles. The van der Waals surface area contributed by atoms with E-state index in [2.05, 4.69) is 33.1 Å². The molecule has 0 aliphatic heterocycles. The van der Waals surface area contributed by atoms with Gasteiger partial charge in [-0.05, 0) is 66.4 Å². The van der Waals surface area contributed by atoms with Crippen LogP contribution in [-0.4, -0.2) is 22.6 Å². The summed E-state index contributed by atoms with van der Waals surface area (Å²) in [6.07, 6.45) is 3.73. The number of pyridine rings is 1. The molecule has 6 nitrogen and oxygen atoms in total. The van der Waals surface area contributed by atoms with Gasteiger partial charge >= 0.3 is 0 Å². The zero-order valence-corrected chi connectivity index (χ0v) is 19.3. The lowest BCUT2D eigenvalue weighted by atomic mass is 10.1. The van der Waals surface area contributed by atoms with Crippen LogP contribution >= 0.6 is 0 Å². The summed E-state index contributed by atoms with van der Waals surface area (Å²) in [5.41, 5.74) is 4.35. The summed E-state index contributed by atoms with van der Waals surface area (Å²) in [4.78, 5) is 17.4. The lowest BCUT2D eigenvalue weighted by molar-refractivity contribution is 0.0950. The van der Waals surface area contributed by atoms with Crippen molar-refractivity contribution >= 4 is 27.7 Å². The topological polar surface area (TPSA) is 65.4 Å². The Bertz CT molecular complexity index is 1520. The van der Waals surface area contributed by atoms with Crippen molar-refractivity contribution in [2.75, 3.05) is 7.11 Å². The third kappa shape index (κ3) is 4.06. The summed E-state index contributed by atoms with van der Waals surface area (Å²) in [5, 5.41) is 5.06. The molecule has 0 fully saturated rings. The van der Waals surface area contributed by atoms with Gasteiger partial charge in [0.15, 0.2) is 0 Å². The van der Waals surface area contributed by atoms with E-state index in [0.717, 1.165) is 38.7 Å². The molecule has 2 aromatic heterocycles. The normalized spacial score (nSPS) is 11.0. The van der Waals surface area contributed by atoms with Crippen LogP contribution in [0.25, 0.3) is 21.8 Å². The molecule has 0 aliphatic rings. The predicted octanol–water partition coefficient (Wildman–Crippen LogP) is 5.77. The molecule has 0 unspecified atom stereocenters. The molecule has 0 atom stereocenters. The maximum atomic E-state index is 13.0. The van der Waals surface area contributed by atoms with Gasteiger partial charge in [0.2, 0.25) is 0 Å². The molecular weight excluding hydrogens is 426 g/mol. The maximum Gasteiger partial charge on any atom is 0.251 e. The minimum atomic E-state index is -0.138. The number of nitrogens with one attached hydrogen (secondary N) is 1. The second-order valence-corrected chi connectivity index (χ2v) is 8.23. The molecule has 0 spiro atoms. The van der Waals surface area contributed by atoms with E-state index in [1.54, 1.807) is 13.3 Å². The number of methoxy groups -OCH3 is 1. The van der Waals surface area contributed by atoms with Crippen molar-refractivity contribution in [3.63, 3.8) is 0 Å². The Morgan fingerprint density at radius 2 is 1.91 bits per heavy atom. The first-order valence-corrected chi connectivity index (χ1v) is 11.1. The monoisotopic (exact) mass is 451 g/mol. The van der Waals surface area contributed by atoms with Crippen LogP contribution in [0.5, 0.6) is 17.2 Å². The first kappa shape index (κ1) is 21.5. The minimum absolute atomic E-state index is 0.138. The van der Waals surface area contributed by atoms with Crippen molar-refractivity contribution in [2.24, 2.45) is 7.05 Å². The molecule has 3 aromatic carbocycles. The van der Waals surface area contributed by atoms with Crippen molar-refractivity contribution in [2.45, 2.75) is 13.5 Å². The summed E-state index contributed by atoms with van der Waals surface area (Å²) in [6.45, 7) is 2.34. The Morgan fingerprint density at radius 3 is 2.76 bits per heavy atom. The minimum Gasteiger partial charge on any atom is -0.497 e. The van der Waals surface area contributed by atoms with Crippen LogP contribution in [0.2, 0.25) is 0 Å². The molecule has 5 aromatic rings. The molecule has 170 valence electrons. The Morgan fingerprint density at radius 1 is 1.03 bits per heavy atom. The maximum absolute atomic E-state index is 13.0. The van der Waals surface area contributed by atoms with E-state index in [-0.39, 0.29) is 5.91 Å². The number of carbonyl (C=O) groups is 1. The van der Waals surface area contributed by atoms with Gasteiger partial charge in [0.1, 0.15) is 17.2 Å². The lowest BCUT2D eigenvalue weighted by Gasteiger charge is -2.14. The van der Waals surface area contributed by atoms with Gasteiger partial charge in [-0.15, -0.1) is 0 Å². The summed E-state index contributed by atoms with van der Waals surface area (Å²) in [7, 11) is 3.65. The number of hydrogen-bond donors (Lipinski definition) is 1. The molecule has 0 bridgehead atoms. The Labute approximate surface area is 197 Å². The number of rotatable bonds is 6. The highest BCUT2D eigenvalue weighted by molar-refractivity contribution is 5.96. The van der Waals surface area contributed by atoms with Crippen LogP contribution in [0.4, 0.5) is 0 Å². The fourth-order valence-corrected chi connectivity index (χ4v) is 4.13. The largest absolute Gasteiger partial charge is 0.497 e. The van der Waals surface area contributed by atoms with E-state index in [0.29, 0.717) is 23.6 Å². The molecule has 6 heteroatoms. The lowest BCUT2D eigenvalue weighted by Crippen LogP contribution is -2.23. The van der Waals surface area contributed by atoms with E-state index >= 15 is 0 Å². The van der Waals surface area contributed by atoms with Gasteiger partial charge in [-0.2, -0.15) is 0 Å². The number of hydrogen-bond acceptors (Lipinski definition) is 4. The van der Waals surface area contributed by atoms with E-state index < -0.39 is 0 Å². The summed E-state index contributed by atoms with van der Waals surface area (Å²) < 4.78 is 13.6. The van der Waals surface area contributed by atoms with Gasteiger partial charge in [0.05, 0.1) is 12.6 Å². The average Bonchev–Trinajstić information content (AvgIpc) is 3.23. The fraction of sp³-hybridized carbons (Fsp3) is 0.143. The Hall–Kier alpha value is -4.32. The Kier molecular flexibility index (Phi) is 5.64. The number of ether oxygens (including phenoxy) is 2. The highest BCUT2D eigenvalue weighted by Gasteiger charge is 2.14. The summed E-state index contributed by atoms with van der Waals surface area (Å²) in [6, 6.07) is 21.3. The van der Waals surface area contributed by atoms with Crippen LogP contribution in [0.15, 0.2) is 79.1 Å². The molecular formula is C28H25N3O3.